The van der Waals surface area contributed by atoms with Crippen LogP contribution in [-0.2, 0) is 33.3 Å². The number of esters is 1. The fraction of sp³-hybridized carbons (Fsp3) is 0.889. The molecule has 0 bridgehead atoms. The first-order valence-electron chi connectivity index (χ1n) is 9.37. The lowest BCUT2D eigenvalue weighted by Gasteiger charge is -2.05. The van der Waals surface area contributed by atoms with Gasteiger partial charge in [0.2, 0.25) is 0 Å². The van der Waals surface area contributed by atoms with Crippen LogP contribution in [-0.4, -0.2) is 88.2 Å². The molecule has 0 rings (SSSR count). The molecular weight excluding hydrogens is 360 g/mol. The first kappa shape index (κ1) is 28.0. The molecule has 0 aliphatic heterocycles. The van der Waals surface area contributed by atoms with E-state index in [1.165, 1.54) is 0 Å². The SMILES string of the molecule is CCCCOCCOCCO.CCOCCOCCOC(=O)CCC(=O)O. The Labute approximate surface area is 161 Å². The molecule has 2 N–H and O–H groups in total. The lowest BCUT2D eigenvalue weighted by Crippen LogP contribution is -2.13. The number of aliphatic hydroxyl groups excluding tert-OH is 1. The average molecular weight is 396 g/mol. The van der Waals surface area contributed by atoms with Gasteiger partial charge in [-0.25, -0.2) is 0 Å². The highest BCUT2D eigenvalue weighted by atomic mass is 16.6. The number of aliphatic carboxylic acids is 1. The van der Waals surface area contributed by atoms with Crippen molar-refractivity contribution in [3.63, 3.8) is 0 Å². The van der Waals surface area contributed by atoms with E-state index in [9.17, 15) is 9.59 Å². The van der Waals surface area contributed by atoms with Crippen LogP contribution in [0.5, 0.6) is 0 Å². The van der Waals surface area contributed by atoms with Gasteiger partial charge in [-0.2, -0.15) is 0 Å². The number of hydrogen-bond acceptors (Lipinski definition) is 8. The Kier molecular flexibility index (Phi) is 25.6. The lowest BCUT2D eigenvalue weighted by molar-refractivity contribution is -0.148. The van der Waals surface area contributed by atoms with Gasteiger partial charge in [0.1, 0.15) is 6.61 Å². The molecule has 0 aliphatic rings. The molecule has 0 saturated heterocycles. The van der Waals surface area contributed by atoms with E-state index >= 15 is 0 Å². The normalized spacial score (nSPS) is 10.2. The number of hydrogen-bond donors (Lipinski definition) is 2. The Morgan fingerprint density at radius 1 is 0.741 bits per heavy atom. The summed E-state index contributed by atoms with van der Waals surface area (Å²) < 4.78 is 25.1. The summed E-state index contributed by atoms with van der Waals surface area (Å²) in [5, 5.41) is 16.6. The molecule has 0 aromatic rings. The Bertz CT molecular complexity index is 316. The minimum Gasteiger partial charge on any atom is -0.481 e. The van der Waals surface area contributed by atoms with Crippen LogP contribution in [0.2, 0.25) is 0 Å². The van der Waals surface area contributed by atoms with E-state index in [4.69, 9.17) is 33.9 Å². The number of aliphatic hydroxyl groups is 1. The predicted molar refractivity (Wildman–Crippen MR) is 98.8 cm³/mol. The maximum Gasteiger partial charge on any atom is 0.306 e. The molecule has 0 spiro atoms. The van der Waals surface area contributed by atoms with E-state index in [1.54, 1.807) is 0 Å². The van der Waals surface area contributed by atoms with E-state index < -0.39 is 11.9 Å². The predicted octanol–water partition coefficient (Wildman–Crippen LogP) is 1.26. The quantitative estimate of drug-likeness (QED) is 0.260. The maximum absolute atomic E-state index is 10.9. The van der Waals surface area contributed by atoms with Crippen molar-refractivity contribution in [2.75, 3.05) is 66.1 Å². The average Bonchev–Trinajstić information content (AvgIpc) is 2.65. The maximum atomic E-state index is 10.9. The Morgan fingerprint density at radius 2 is 1.30 bits per heavy atom. The zero-order valence-electron chi connectivity index (χ0n) is 16.7. The molecule has 0 aromatic heterocycles. The van der Waals surface area contributed by atoms with Crippen molar-refractivity contribution in [3.05, 3.63) is 0 Å². The number of rotatable bonds is 18. The van der Waals surface area contributed by atoms with E-state index in [1.807, 2.05) is 6.92 Å². The van der Waals surface area contributed by atoms with Gasteiger partial charge in [-0.3, -0.25) is 9.59 Å². The van der Waals surface area contributed by atoms with E-state index in [0.29, 0.717) is 46.2 Å². The lowest BCUT2D eigenvalue weighted by atomic mass is 10.3. The minimum absolute atomic E-state index is 0.0922. The second-order valence-electron chi connectivity index (χ2n) is 5.23. The molecular formula is C18H36O9. The monoisotopic (exact) mass is 396 g/mol. The number of ether oxygens (including phenoxy) is 5. The fourth-order valence-corrected chi connectivity index (χ4v) is 1.49. The summed E-state index contributed by atoms with van der Waals surface area (Å²) in [5.41, 5.74) is 0. The van der Waals surface area contributed by atoms with Gasteiger partial charge in [0.25, 0.3) is 0 Å². The Hall–Kier alpha value is -1.26. The molecule has 0 saturated carbocycles. The standard InChI is InChI=1S/C10H18O6.C8H18O3/c1-2-14-5-6-15-7-8-16-10(13)4-3-9(11)12;1-2-3-5-10-7-8-11-6-4-9/h2-8H2,1H3,(H,11,12);9H,2-8H2,1H3. The summed E-state index contributed by atoms with van der Waals surface area (Å²) in [5.74, 6) is -1.53. The van der Waals surface area contributed by atoms with Gasteiger partial charge in [0.15, 0.2) is 0 Å². The molecule has 9 nitrogen and oxygen atoms in total. The number of carboxylic acid groups (broad SMARTS) is 1. The summed E-state index contributed by atoms with van der Waals surface area (Å²) in [6, 6.07) is 0. The molecule has 0 aliphatic carbocycles. The van der Waals surface area contributed by atoms with Gasteiger partial charge in [-0.05, 0) is 13.3 Å². The zero-order chi connectivity index (χ0) is 20.6. The van der Waals surface area contributed by atoms with E-state index in [0.717, 1.165) is 19.4 Å². The molecule has 0 radical (unpaired) electrons. The smallest absolute Gasteiger partial charge is 0.306 e. The van der Waals surface area contributed by atoms with Gasteiger partial charge in [-0.1, -0.05) is 13.3 Å². The third-order valence-electron chi connectivity index (χ3n) is 2.86. The highest BCUT2D eigenvalue weighted by Crippen LogP contribution is 1.93. The summed E-state index contributed by atoms with van der Waals surface area (Å²) in [6.45, 7) is 8.64. The molecule has 162 valence electrons. The Morgan fingerprint density at radius 3 is 1.85 bits per heavy atom. The summed E-state index contributed by atoms with van der Waals surface area (Å²) in [4.78, 5) is 21.1. The van der Waals surface area contributed by atoms with Crippen molar-refractivity contribution in [1.29, 1.82) is 0 Å². The van der Waals surface area contributed by atoms with Gasteiger partial charge >= 0.3 is 11.9 Å². The molecule has 0 amide bonds. The first-order chi connectivity index (χ1) is 13.1. The van der Waals surface area contributed by atoms with Gasteiger partial charge < -0.3 is 33.9 Å². The topological polar surface area (TPSA) is 121 Å². The third kappa shape index (κ3) is 29.7. The second-order valence-corrected chi connectivity index (χ2v) is 5.23. The zero-order valence-corrected chi connectivity index (χ0v) is 16.7. The van der Waals surface area contributed by atoms with Crippen LogP contribution in [0.15, 0.2) is 0 Å². The van der Waals surface area contributed by atoms with Crippen LogP contribution in [0, 0.1) is 0 Å². The van der Waals surface area contributed by atoms with Crippen LogP contribution >= 0.6 is 0 Å². The molecule has 9 heteroatoms. The fourth-order valence-electron chi connectivity index (χ4n) is 1.49. The van der Waals surface area contributed by atoms with Crippen LogP contribution in [0.4, 0.5) is 0 Å². The van der Waals surface area contributed by atoms with Crippen LogP contribution in [0.1, 0.15) is 39.5 Å². The van der Waals surface area contributed by atoms with Crippen molar-refractivity contribution < 1.29 is 43.5 Å². The van der Waals surface area contributed by atoms with E-state index in [-0.39, 0.29) is 26.1 Å². The van der Waals surface area contributed by atoms with Crippen molar-refractivity contribution in [2.24, 2.45) is 0 Å². The molecule has 0 fully saturated rings. The van der Waals surface area contributed by atoms with Gasteiger partial charge in [0.05, 0.1) is 59.1 Å². The van der Waals surface area contributed by atoms with Crippen molar-refractivity contribution in [3.8, 4) is 0 Å². The first-order valence-corrected chi connectivity index (χ1v) is 9.37. The van der Waals surface area contributed by atoms with Crippen LogP contribution in [0.3, 0.4) is 0 Å². The van der Waals surface area contributed by atoms with Gasteiger partial charge in [0, 0.05) is 13.2 Å². The van der Waals surface area contributed by atoms with Crippen molar-refractivity contribution in [1.82, 2.24) is 0 Å². The minimum atomic E-state index is -1.01. The van der Waals surface area contributed by atoms with E-state index in [2.05, 4.69) is 6.92 Å². The molecule has 27 heavy (non-hydrogen) atoms. The highest BCUT2D eigenvalue weighted by molar-refractivity contribution is 5.76. The summed E-state index contributed by atoms with van der Waals surface area (Å²) in [7, 11) is 0. The Balaban J connectivity index is 0. The number of carboxylic acids is 1. The number of carbonyl (C=O) groups excluding carboxylic acids is 1. The highest BCUT2D eigenvalue weighted by Gasteiger charge is 2.05. The molecule has 0 aromatic carbocycles. The van der Waals surface area contributed by atoms with Gasteiger partial charge in [-0.15, -0.1) is 0 Å². The molecule has 0 unspecified atom stereocenters. The third-order valence-corrected chi connectivity index (χ3v) is 2.86. The van der Waals surface area contributed by atoms with Crippen LogP contribution in [0.25, 0.3) is 0 Å². The van der Waals surface area contributed by atoms with Crippen LogP contribution < -0.4 is 0 Å². The molecule has 0 heterocycles. The van der Waals surface area contributed by atoms with Crippen molar-refractivity contribution in [2.45, 2.75) is 39.5 Å². The largest absolute Gasteiger partial charge is 0.481 e. The summed E-state index contributed by atoms with van der Waals surface area (Å²) >= 11 is 0. The van der Waals surface area contributed by atoms with Crippen molar-refractivity contribution >= 4 is 11.9 Å². The molecule has 0 atom stereocenters. The second kappa shape index (κ2) is 24.7. The number of carbonyl (C=O) groups is 2. The number of unbranched alkanes of at least 4 members (excludes halogenated alkanes) is 1. The summed E-state index contributed by atoms with van der Waals surface area (Å²) in [6.07, 6.45) is 1.97.